The van der Waals surface area contributed by atoms with Gasteiger partial charge in [-0.3, -0.25) is 4.79 Å². The third kappa shape index (κ3) is 4.93. The van der Waals surface area contributed by atoms with Crippen molar-refractivity contribution >= 4 is 40.2 Å². The Kier molecular flexibility index (Phi) is 6.08. The van der Waals surface area contributed by atoms with Crippen molar-refractivity contribution in [3.8, 4) is 10.6 Å². The molecule has 1 amide bonds. The summed E-state index contributed by atoms with van der Waals surface area (Å²) < 4.78 is 18.5. The van der Waals surface area contributed by atoms with Gasteiger partial charge in [-0.1, -0.05) is 11.6 Å². The summed E-state index contributed by atoms with van der Waals surface area (Å²) in [6.45, 7) is 2.83. The van der Waals surface area contributed by atoms with E-state index in [0.29, 0.717) is 29.6 Å². The van der Waals surface area contributed by atoms with Gasteiger partial charge < -0.3 is 15.0 Å². The quantitative estimate of drug-likeness (QED) is 0.640. The van der Waals surface area contributed by atoms with Crippen molar-refractivity contribution < 1.29 is 13.9 Å². The zero-order valence-electron chi connectivity index (χ0n) is 15.5. The summed E-state index contributed by atoms with van der Waals surface area (Å²) in [6, 6.07) is 11.6. The molecule has 0 spiro atoms. The molecule has 150 valence electrons. The normalized spacial score (nSPS) is 14.1. The van der Waals surface area contributed by atoms with Crippen LogP contribution >= 0.6 is 22.9 Å². The van der Waals surface area contributed by atoms with Gasteiger partial charge in [-0.2, -0.15) is 0 Å². The molecule has 3 aromatic rings. The smallest absolute Gasteiger partial charge is 0.230 e. The minimum Gasteiger partial charge on any atom is -0.378 e. The number of hydrogen-bond acceptors (Lipinski definition) is 5. The zero-order chi connectivity index (χ0) is 20.2. The van der Waals surface area contributed by atoms with Crippen molar-refractivity contribution in [2.75, 3.05) is 36.5 Å². The van der Waals surface area contributed by atoms with Gasteiger partial charge in [0.2, 0.25) is 5.91 Å². The second-order valence-corrected chi connectivity index (χ2v) is 7.93. The topological polar surface area (TPSA) is 54.5 Å². The van der Waals surface area contributed by atoms with E-state index in [2.05, 4.69) is 15.2 Å². The van der Waals surface area contributed by atoms with Gasteiger partial charge in [-0.15, -0.1) is 11.3 Å². The Morgan fingerprint density at radius 1 is 1.21 bits per heavy atom. The average molecular weight is 432 g/mol. The Morgan fingerprint density at radius 3 is 2.72 bits per heavy atom. The van der Waals surface area contributed by atoms with Crippen LogP contribution in [0, 0.1) is 5.82 Å². The second kappa shape index (κ2) is 8.90. The molecule has 0 bridgehead atoms. The lowest BCUT2D eigenvalue weighted by Gasteiger charge is -2.30. The van der Waals surface area contributed by atoms with Crippen LogP contribution in [0.5, 0.6) is 0 Å². The van der Waals surface area contributed by atoms with Gasteiger partial charge in [0.1, 0.15) is 10.8 Å². The highest BCUT2D eigenvalue weighted by Crippen LogP contribution is 2.30. The number of nitrogens with one attached hydrogen (secondary N) is 1. The molecule has 2 heterocycles. The Balaban J connectivity index is 1.46. The van der Waals surface area contributed by atoms with E-state index >= 15 is 0 Å². The maximum Gasteiger partial charge on any atom is 0.230 e. The Labute approximate surface area is 177 Å². The number of carbonyl (C=O) groups is 1. The molecule has 0 saturated carbocycles. The molecule has 2 aromatic carbocycles. The molecule has 0 atom stereocenters. The van der Waals surface area contributed by atoms with E-state index in [1.165, 1.54) is 23.5 Å². The van der Waals surface area contributed by atoms with Crippen LogP contribution in [0.3, 0.4) is 0 Å². The van der Waals surface area contributed by atoms with E-state index < -0.39 is 0 Å². The van der Waals surface area contributed by atoms with Crippen LogP contribution in [-0.4, -0.2) is 37.2 Å². The highest BCUT2D eigenvalue weighted by Gasteiger charge is 2.17. The molecule has 8 heteroatoms. The molecule has 1 saturated heterocycles. The summed E-state index contributed by atoms with van der Waals surface area (Å²) in [5, 5.41) is 6.12. The van der Waals surface area contributed by atoms with Gasteiger partial charge in [0.15, 0.2) is 0 Å². The fourth-order valence-corrected chi connectivity index (χ4v) is 4.16. The minimum atomic E-state index is -0.289. The predicted octanol–water partition coefficient (Wildman–Crippen LogP) is 4.62. The maximum absolute atomic E-state index is 13.1. The number of anilines is 2. The van der Waals surface area contributed by atoms with Gasteiger partial charge in [0, 0.05) is 29.1 Å². The van der Waals surface area contributed by atoms with Crippen molar-refractivity contribution in [3.63, 3.8) is 0 Å². The van der Waals surface area contributed by atoms with E-state index in [1.54, 1.807) is 18.2 Å². The van der Waals surface area contributed by atoms with Crippen LogP contribution in [0.25, 0.3) is 10.6 Å². The van der Waals surface area contributed by atoms with Crippen molar-refractivity contribution in [2.24, 2.45) is 0 Å². The van der Waals surface area contributed by atoms with E-state index in [0.717, 1.165) is 29.3 Å². The van der Waals surface area contributed by atoms with E-state index in [-0.39, 0.29) is 18.1 Å². The molecular formula is C21H19ClFN3O2S. The van der Waals surface area contributed by atoms with E-state index in [4.69, 9.17) is 16.3 Å². The summed E-state index contributed by atoms with van der Waals surface area (Å²) in [5.41, 5.74) is 3.10. The van der Waals surface area contributed by atoms with Gasteiger partial charge >= 0.3 is 0 Å². The van der Waals surface area contributed by atoms with E-state index in [1.807, 2.05) is 17.5 Å². The van der Waals surface area contributed by atoms with Gasteiger partial charge in [0.25, 0.3) is 0 Å². The van der Waals surface area contributed by atoms with Crippen LogP contribution in [-0.2, 0) is 16.0 Å². The monoisotopic (exact) mass is 431 g/mol. The molecular weight excluding hydrogens is 413 g/mol. The maximum atomic E-state index is 13.1. The summed E-state index contributed by atoms with van der Waals surface area (Å²) in [4.78, 5) is 19.3. The predicted molar refractivity (Wildman–Crippen MR) is 114 cm³/mol. The van der Waals surface area contributed by atoms with Gasteiger partial charge in [-0.25, -0.2) is 9.37 Å². The summed E-state index contributed by atoms with van der Waals surface area (Å²) >= 11 is 7.58. The highest BCUT2D eigenvalue weighted by atomic mass is 35.5. The van der Waals surface area contributed by atoms with Crippen molar-refractivity contribution in [1.82, 2.24) is 4.98 Å². The summed E-state index contributed by atoms with van der Waals surface area (Å²) in [7, 11) is 0. The Bertz CT molecular complexity index is 1000. The van der Waals surface area contributed by atoms with Crippen LogP contribution in [0.4, 0.5) is 15.8 Å². The molecule has 1 aliphatic rings. The van der Waals surface area contributed by atoms with Crippen LogP contribution in [0.15, 0.2) is 47.8 Å². The number of amides is 1. The minimum absolute atomic E-state index is 0.146. The van der Waals surface area contributed by atoms with E-state index in [9.17, 15) is 9.18 Å². The standard InChI is InChI=1S/C21H19ClFN3O2S/c22-15-3-6-19(26-7-9-28-10-8-26)18(11-15)25-20(27)12-17-13-29-21(24-17)14-1-4-16(23)5-2-14/h1-6,11,13H,7-10,12H2,(H,25,27). The largest absolute Gasteiger partial charge is 0.378 e. The molecule has 5 nitrogen and oxygen atoms in total. The molecule has 4 rings (SSSR count). The number of aromatic nitrogens is 1. The first kappa shape index (κ1) is 19.8. The number of nitrogens with zero attached hydrogens (tertiary/aromatic N) is 2. The molecule has 29 heavy (non-hydrogen) atoms. The molecule has 0 unspecified atom stereocenters. The summed E-state index contributed by atoms with van der Waals surface area (Å²) in [6.07, 6.45) is 0.146. The second-order valence-electron chi connectivity index (χ2n) is 6.64. The van der Waals surface area contributed by atoms with Crippen molar-refractivity contribution in [3.05, 3.63) is 64.4 Å². The fourth-order valence-electron chi connectivity index (χ4n) is 3.16. The molecule has 1 N–H and O–H groups in total. The Morgan fingerprint density at radius 2 is 1.97 bits per heavy atom. The number of carbonyl (C=O) groups excluding carboxylic acids is 1. The van der Waals surface area contributed by atoms with Crippen LogP contribution in [0.1, 0.15) is 5.69 Å². The first-order valence-corrected chi connectivity index (χ1v) is 10.5. The zero-order valence-corrected chi connectivity index (χ0v) is 17.1. The fraction of sp³-hybridized carbons (Fsp3) is 0.238. The SMILES string of the molecule is O=C(Cc1csc(-c2ccc(F)cc2)n1)Nc1cc(Cl)ccc1N1CCOCC1. The highest BCUT2D eigenvalue weighted by molar-refractivity contribution is 7.13. The number of benzene rings is 2. The summed E-state index contributed by atoms with van der Waals surface area (Å²) in [5.74, 6) is -0.458. The third-order valence-corrected chi connectivity index (χ3v) is 5.74. The van der Waals surface area contributed by atoms with Gasteiger partial charge in [-0.05, 0) is 42.5 Å². The first-order valence-electron chi connectivity index (χ1n) is 9.21. The number of hydrogen-bond donors (Lipinski definition) is 1. The molecule has 1 aromatic heterocycles. The molecule has 0 radical (unpaired) electrons. The van der Waals surface area contributed by atoms with Crippen LogP contribution in [0.2, 0.25) is 5.02 Å². The van der Waals surface area contributed by atoms with Crippen LogP contribution < -0.4 is 10.2 Å². The molecule has 0 aliphatic carbocycles. The number of rotatable bonds is 5. The lowest BCUT2D eigenvalue weighted by Crippen LogP contribution is -2.36. The number of halogens is 2. The average Bonchev–Trinajstić information content (AvgIpc) is 3.17. The number of ether oxygens (including phenoxy) is 1. The van der Waals surface area contributed by atoms with Crippen molar-refractivity contribution in [1.29, 1.82) is 0 Å². The molecule has 1 fully saturated rings. The number of thiazole rings is 1. The third-order valence-electron chi connectivity index (χ3n) is 4.57. The number of morpholine rings is 1. The molecule has 1 aliphatic heterocycles. The Hall–Kier alpha value is -2.48. The lowest BCUT2D eigenvalue weighted by molar-refractivity contribution is -0.115. The van der Waals surface area contributed by atoms with Gasteiger partial charge in [0.05, 0.1) is 36.7 Å². The van der Waals surface area contributed by atoms with Crippen molar-refractivity contribution in [2.45, 2.75) is 6.42 Å². The lowest BCUT2D eigenvalue weighted by atomic mass is 10.2. The first-order chi connectivity index (χ1) is 14.1.